The van der Waals surface area contributed by atoms with Crippen molar-refractivity contribution in [3.8, 4) is 17.8 Å². The molecule has 7 nitrogen and oxygen atoms in total. The van der Waals surface area contributed by atoms with Gasteiger partial charge in [-0.1, -0.05) is 6.07 Å². The number of hydrogen-bond donors (Lipinski definition) is 1. The van der Waals surface area contributed by atoms with E-state index in [1.165, 1.54) is 7.11 Å². The van der Waals surface area contributed by atoms with Crippen molar-refractivity contribution >= 4 is 11.6 Å². The van der Waals surface area contributed by atoms with E-state index in [0.29, 0.717) is 11.7 Å². The average Bonchev–Trinajstić information content (AvgIpc) is 2.47. The van der Waals surface area contributed by atoms with Gasteiger partial charge >= 0.3 is 12.0 Å². The van der Waals surface area contributed by atoms with Crippen LogP contribution >= 0.6 is 0 Å². The van der Waals surface area contributed by atoms with Crippen LogP contribution in [-0.2, 0) is 0 Å². The zero-order valence-corrected chi connectivity index (χ0v) is 11.9. The summed E-state index contributed by atoms with van der Waals surface area (Å²) in [5.41, 5.74) is 1.03. The van der Waals surface area contributed by atoms with E-state index in [1.807, 2.05) is 43.3 Å². The van der Waals surface area contributed by atoms with E-state index in [1.54, 1.807) is 7.05 Å². The molecule has 0 radical (unpaired) electrons. The Kier molecular flexibility index (Phi) is 4.19. The predicted octanol–water partition coefficient (Wildman–Crippen LogP) is 1.78. The normalized spacial score (nSPS) is 10.0. The maximum absolute atomic E-state index is 5.65. The molecule has 1 heterocycles. The largest absolute Gasteiger partial charge is 0.467 e. The molecule has 0 spiro atoms. The molecule has 1 aromatic carbocycles. The Morgan fingerprint density at radius 2 is 1.85 bits per heavy atom. The monoisotopic (exact) mass is 275 g/mol. The molecule has 0 aliphatic rings. The van der Waals surface area contributed by atoms with Gasteiger partial charge in [-0.3, -0.25) is 0 Å². The van der Waals surface area contributed by atoms with Crippen LogP contribution in [0.4, 0.5) is 11.6 Å². The molecular weight excluding hydrogens is 258 g/mol. The first-order valence-corrected chi connectivity index (χ1v) is 6.05. The van der Waals surface area contributed by atoms with Crippen LogP contribution in [0.1, 0.15) is 0 Å². The third-order valence-corrected chi connectivity index (χ3v) is 2.54. The molecule has 1 N–H and O–H groups in total. The molecule has 0 fully saturated rings. The van der Waals surface area contributed by atoms with Gasteiger partial charge in [0.1, 0.15) is 5.75 Å². The minimum Gasteiger partial charge on any atom is -0.467 e. The minimum atomic E-state index is 0.178. The second-order valence-electron chi connectivity index (χ2n) is 4.17. The molecule has 0 saturated heterocycles. The number of ether oxygens (including phenoxy) is 2. The molecule has 0 aliphatic carbocycles. The summed E-state index contributed by atoms with van der Waals surface area (Å²) in [6.07, 6.45) is 0. The quantitative estimate of drug-likeness (QED) is 0.891. The molecule has 20 heavy (non-hydrogen) atoms. The lowest BCUT2D eigenvalue weighted by Gasteiger charge is -2.13. The Labute approximate surface area is 117 Å². The van der Waals surface area contributed by atoms with Gasteiger partial charge in [-0.25, -0.2) is 0 Å². The summed E-state index contributed by atoms with van der Waals surface area (Å²) in [7, 11) is 7.13. The van der Waals surface area contributed by atoms with E-state index >= 15 is 0 Å². The predicted molar refractivity (Wildman–Crippen MR) is 76.8 cm³/mol. The van der Waals surface area contributed by atoms with Crippen molar-refractivity contribution < 1.29 is 9.47 Å². The number of rotatable bonds is 5. The second kappa shape index (κ2) is 6.05. The number of methoxy groups -OCH3 is 1. The third kappa shape index (κ3) is 3.25. The van der Waals surface area contributed by atoms with E-state index in [0.717, 1.165) is 5.69 Å². The zero-order valence-electron chi connectivity index (χ0n) is 11.9. The van der Waals surface area contributed by atoms with Gasteiger partial charge in [-0.15, -0.1) is 4.98 Å². The lowest BCUT2D eigenvalue weighted by molar-refractivity contribution is 0.360. The van der Waals surface area contributed by atoms with Crippen molar-refractivity contribution in [1.29, 1.82) is 0 Å². The van der Waals surface area contributed by atoms with Gasteiger partial charge in [-0.2, -0.15) is 9.97 Å². The van der Waals surface area contributed by atoms with Crippen molar-refractivity contribution in [3.63, 3.8) is 0 Å². The van der Waals surface area contributed by atoms with E-state index in [4.69, 9.17) is 9.47 Å². The van der Waals surface area contributed by atoms with E-state index in [9.17, 15) is 0 Å². The summed E-state index contributed by atoms with van der Waals surface area (Å²) in [6, 6.07) is 8.00. The summed E-state index contributed by atoms with van der Waals surface area (Å²) >= 11 is 0. The number of anilines is 2. The highest BCUT2D eigenvalue weighted by molar-refractivity contribution is 5.49. The summed E-state index contributed by atoms with van der Waals surface area (Å²) in [4.78, 5) is 14.2. The fourth-order valence-electron chi connectivity index (χ4n) is 1.52. The van der Waals surface area contributed by atoms with E-state index < -0.39 is 0 Å². The standard InChI is InChI=1S/C13H17N5O2/c1-14-11-15-12(19-4)17-13(16-11)20-10-7-5-6-9(8-10)18(2)3/h5-8H,1-4H3,(H,14,15,16,17). The van der Waals surface area contributed by atoms with Crippen molar-refractivity contribution in [2.24, 2.45) is 0 Å². The molecule has 0 atom stereocenters. The van der Waals surface area contributed by atoms with Crippen LogP contribution in [0.5, 0.6) is 17.8 Å². The second-order valence-corrected chi connectivity index (χ2v) is 4.17. The van der Waals surface area contributed by atoms with Crippen LogP contribution in [-0.4, -0.2) is 43.2 Å². The summed E-state index contributed by atoms with van der Waals surface area (Å²) in [6.45, 7) is 0. The number of nitrogens with one attached hydrogen (secondary N) is 1. The molecule has 0 unspecified atom stereocenters. The van der Waals surface area contributed by atoms with Gasteiger partial charge in [0.05, 0.1) is 7.11 Å². The molecule has 0 amide bonds. The molecule has 0 bridgehead atoms. The Morgan fingerprint density at radius 1 is 1.10 bits per heavy atom. The first-order chi connectivity index (χ1) is 9.62. The van der Waals surface area contributed by atoms with Crippen LogP contribution in [0.15, 0.2) is 24.3 Å². The van der Waals surface area contributed by atoms with Crippen LogP contribution in [0, 0.1) is 0 Å². The molecule has 2 rings (SSSR count). The van der Waals surface area contributed by atoms with Crippen LogP contribution in [0.2, 0.25) is 0 Å². The molecule has 1 aromatic heterocycles. The van der Waals surface area contributed by atoms with Gasteiger partial charge in [0.25, 0.3) is 0 Å². The van der Waals surface area contributed by atoms with Crippen LogP contribution in [0.3, 0.4) is 0 Å². The number of nitrogens with zero attached hydrogens (tertiary/aromatic N) is 4. The summed E-state index contributed by atoms with van der Waals surface area (Å²) in [5, 5.41) is 2.83. The van der Waals surface area contributed by atoms with Gasteiger partial charge < -0.3 is 19.7 Å². The summed E-state index contributed by atoms with van der Waals surface area (Å²) < 4.78 is 10.7. The Balaban J connectivity index is 2.27. The first kappa shape index (κ1) is 13.9. The SMILES string of the molecule is CNc1nc(OC)nc(Oc2cccc(N(C)C)c2)n1. The van der Waals surface area contributed by atoms with E-state index in [2.05, 4.69) is 20.3 Å². The first-order valence-electron chi connectivity index (χ1n) is 6.05. The fraction of sp³-hybridized carbons (Fsp3) is 0.308. The Hall–Kier alpha value is -2.57. The number of benzene rings is 1. The highest BCUT2D eigenvalue weighted by Crippen LogP contribution is 2.24. The average molecular weight is 275 g/mol. The lowest BCUT2D eigenvalue weighted by Crippen LogP contribution is -2.08. The van der Waals surface area contributed by atoms with Crippen molar-refractivity contribution in [1.82, 2.24) is 15.0 Å². The smallest absolute Gasteiger partial charge is 0.330 e. The minimum absolute atomic E-state index is 0.178. The fourth-order valence-corrected chi connectivity index (χ4v) is 1.52. The molecule has 0 saturated carbocycles. The van der Waals surface area contributed by atoms with Crippen molar-refractivity contribution in [2.75, 3.05) is 38.5 Å². The highest BCUT2D eigenvalue weighted by Gasteiger charge is 2.08. The van der Waals surface area contributed by atoms with Gasteiger partial charge in [0, 0.05) is 32.9 Å². The van der Waals surface area contributed by atoms with Crippen LogP contribution < -0.4 is 19.7 Å². The zero-order chi connectivity index (χ0) is 14.5. The Morgan fingerprint density at radius 3 is 2.50 bits per heavy atom. The van der Waals surface area contributed by atoms with E-state index in [-0.39, 0.29) is 12.0 Å². The van der Waals surface area contributed by atoms with Gasteiger partial charge in [0.15, 0.2) is 0 Å². The molecular formula is C13H17N5O2. The number of hydrogen-bond acceptors (Lipinski definition) is 7. The molecule has 0 aliphatic heterocycles. The van der Waals surface area contributed by atoms with Gasteiger partial charge in [-0.05, 0) is 12.1 Å². The molecule has 2 aromatic rings. The van der Waals surface area contributed by atoms with Gasteiger partial charge in [0.2, 0.25) is 5.95 Å². The summed E-state index contributed by atoms with van der Waals surface area (Å²) in [5.74, 6) is 1.03. The lowest BCUT2D eigenvalue weighted by atomic mass is 10.3. The number of aromatic nitrogens is 3. The molecule has 7 heteroatoms. The molecule has 106 valence electrons. The highest BCUT2D eigenvalue weighted by atomic mass is 16.5. The topological polar surface area (TPSA) is 72.4 Å². The maximum Gasteiger partial charge on any atom is 0.330 e. The Bertz CT molecular complexity index is 566. The maximum atomic E-state index is 5.65. The third-order valence-electron chi connectivity index (χ3n) is 2.54. The van der Waals surface area contributed by atoms with Crippen molar-refractivity contribution in [2.45, 2.75) is 0 Å². The van der Waals surface area contributed by atoms with Crippen molar-refractivity contribution in [3.05, 3.63) is 24.3 Å². The van der Waals surface area contributed by atoms with Crippen LogP contribution in [0.25, 0.3) is 0 Å².